The summed E-state index contributed by atoms with van der Waals surface area (Å²) < 4.78 is 8.89. The monoisotopic (exact) mass is 223 g/mol. The van der Waals surface area contributed by atoms with E-state index in [9.17, 15) is 10.1 Å². The molecular formula is C8H5N3O3S. The number of nitro groups is 1. The van der Waals surface area contributed by atoms with Crippen LogP contribution in [0, 0.1) is 10.1 Å². The Bertz CT molecular complexity index is 454. The number of nitrogens with zero attached hydrogens (tertiary/aromatic N) is 3. The van der Waals surface area contributed by atoms with E-state index in [1.54, 1.807) is 5.38 Å². The Kier molecular flexibility index (Phi) is 2.55. The first kappa shape index (κ1) is 9.53. The highest BCUT2D eigenvalue weighted by Crippen LogP contribution is 2.22. The Balaban J connectivity index is 2.14. The maximum atomic E-state index is 10.4. The average Bonchev–Trinajstić information content (AvgIpc) is 2.71. The van der Waals surface area contributed by atoms with Crippen LogP contribution in [0.15, 0.2) is 29.6 Å². The predicted molar refractivity (Wildman–Crippen MR) is 53.1 cm³/mol. The van der Waals surface area contributed by atoms with E-state index in [2.05, 4.69) is 9.59 Å². The van der Waals surface area contributed by atoms with Crippen molar-refractivity contribution in [1.29, 1.82) is 0 Å². The van der Waals surface area contributed by atoms with Gasteiger partial charge in [0, 0.05) is 12.1 Å². The van der Waals surface area contributed by atoms with Gasteiger partial charge >= 0.3 is 0 Å². The van der Waals surface area contributed by atoms with Crippen molar-refractivity contribution in [3.05, 3.63) is 39.8 Å². The molecular weight excluding hydrogens is 218 g/mol. The molecule has 0 aliphatic rings. The van der Waals surface area contributed by atoms with Gasteiger partial charge < -0.3 is 4.74 Å². The molecule has 1 heterocycles. The molecule has 0 aliphatic carbocycles. The SMILES string of the molecule is O=[N+]([O-])c1ccc(Oc2csnn2)cc1. The van der Waals surface area contributed by atoms with E-state index in [0.29, 0.717) is 11.6 Å². The lowest BCUT2D eigenvalue weighted by molar-refractivity contribution is -0.384. The molecule has 7 heteroatoms. The zero-order valence-electron chi connectivity index (χ0n) is 7.36. The normalized spacial score (nSPS) is 9.87. The van der Waals surface area contributed by atoms with E-state index in [1.165, 1.54) is 35.8 Å². The molecule has 0 fully saturated rings. The highest BCUT2D eigenvalue weighted by atomic mass is 32.1. The van der Waals surface area contributed by atoms with E-state index in [4.69, 9.17) is 4.74 Å². The van der Waals surface area contributed by atoms with Gasteiger partial charge in [-0.25, -0.2) is 0 Å². The summed E-state index contributed by atoms with van der Waals surface area (Å²) in [7, 11) is 0. The van der Waals surface area contributed by atoms with Crippen molar-refractivity contribution < 1.29 is 9.66 Å². The van der Waals surface area contributed by atoms with Crippen molar-refractivity contribution >= 4 is 17.2 Å². The number of nitro benzene ring substituents is 1. The van der Waals surface area contributed by atoms with Crippen LogP contribution in [0.3, 0.4) is 0 Å². The van der Waals surface area contributed by atoms with E-state index in [1.807, 2.05) is 0 Å². The van der Waals surface area contributed by atoms with Crippen molar-refractivity contribution in [2.45, 2.75) is 0 Å². The van der Waals surface area contributed by atoms with Gasteiger partial charge in [-0.1, -0.05) is 9.59 Å². The number of hydrogen-bond donors (Lipinski definition) is 0. The molecule has 2 aromatic rings. The minimum absolute atomic E-state index is 0.0266. The molecule has 0 unspecified atom stereocenters. The van der Waals surface area contributed by atoms with E-state index < -0.39 is 4.92 Å². The highest BCUT2D eigenvalue weighted by molar-refractivity contribution is 7.03. The lowest BCUT2D eigenvalue weighted by atomic mass is 10.3. The molecule has 0 saturated carbocycles. The van der Waals surface area contributed by atoms with Crippen molar-refractivity contribution in [3.63, 3.8) is 0 Å². The number of non-ortho nitro benzene ring substituents is 1. The maximum Gasteiger partial charge on any atom is 0.269 e. The van der Waals surface area contributed by atoms with E-state index >= 15 is 0 Å². The third-order valence-electron chi connectivity index (χ3n) is 1.61. The Morgan fingerprint density at radius 2 is 2.07 bits per heavy atom. The second-order valence-electron chi connectivity index (χ2n) is 2.60. The van der Waals surface area contributed by atoms with Gasteiger partial charge in [0.05, 0.1) is 10.3 Å². The van der Waals surface area contributed by atoms with Crippen molar-refractivity contribution in [2.24, 2.45) is 0 Å². The zero-order valence-corrected chi connectivity index (χ0v) is 8.18. The molecule has 0 saturated heterocycles. The fraction of sp³-hybridized carbons (Fsp3) is 0. The zero-order chi connectivity index (χ0) is 10.7. The Labute approximate surface area is 88.4 Å². The summed E-state index contributed by atoms with van der Waals surface area (Å²) >= 11 is 1.17. The van der Waals surface area contributed by atoms with Gasteiger partial charge in [0.2, 0.25) is 0 Å². The molecule has 76 valence electrons. The van der Waals surface area contributed by atoms with Crippen LogP contribution in [-0.2, 0) is 0 Å². The van der Waals surface area contributed by atoms with Gasteiger partial charge in [-0.05, 0) is 23.7 Å². The third kappa shape index (κ3) is 2.26. The quantitative estimate of drug-likeness (QED) is 0.589. The standard InChI is InChI=1S/C8H5N3O3S/c12-11(13)6-1-3-7(4-2-6)14-8-5-15-10-9-8/h1-5H. The minimum atomic E-state index is -0.464. The Hall–Kier alpha value is -2.02. The number of rotatable bonds is 3. The molecule has 6 nitrogen and oxygen atoms in total. The first-order valence-electron chi connectivity index (χ1n) is 3.95. The molecule has 0 atom stereocenters. The lowest BCUT2D eigenvalue weighted by Crippen LogP contribution is -1.88. The fourth-order valence-corrected chi connectivity index (χ4v) is 1.32. The summed E-state index contributed by atoms with van der Waals surface area (Å²) in [6.07, 6.45) is 0. The first-order valence-corrected chi connectivity index (χ1v) is 4.79. The molecule has 0 aliphatic heterocycles. The van der Waals surface area contributed by atoms with Crippen molar-refractivity contribution in [2.75, 3.05) is 0 Å². The van der Waals surface area contributed by atoms with Crippen LogP contribution in [0.2, 0.25) is 0 Å². The lowest BCUT2D eigenvalue weighted by Gasteiger charge is -1.99. The second kappa shape index (κ2) is 4.01. The van der Waals surface area contributed by atoms with Crippen LogP contribution < -0.4 is 4.74 Å². The van der Waals surface area contributed by atoms with E-state index in [-0.39, 0.29) is 5.69 Å². The molecule has 0 radical (unpaired) electrons. The minimum Gasteiger partial charge on any atom is -0.437 e. The average molecular weight is 223 g/mol. The van der Waals surface area contributed by atoms with Crippen LogP contribution >= 0.6 is 11.5 Å². The van der Waals surface area contributed by atoms with Crippen molar-refractivity contribution in [1.82, 2.24) is 9.59 Å². The van der Waals surface area contributed by atoms with Gasteiger partial charge in [-0.3, -0.25) is 10.1 Å². The molecule has 1 aromatic carbocycles. The molecule has 0 bridgehead atoms. The van der Waals surface area contributed by atoms with Gasteiger partial charge in [-0.2, -0.15) is 0 Å². The molecule has 0 N–H and O–H groups in total. The Morgan fingerprint density at radius 1 is 1.33 bits per heavy atom. The highest BCUT2D eigenvalue weighted by Gasteiger charge is 2.05. The van der Waals surface area contributed by atoms with Gasteiger partial charge in [0.1, 0.15) is 5.75 Å². The predicted octanol–water partition coefficient (Wildman–Crippen LogP) is 2.24. The van der Waals surface area contributed by atoms with Crippen LogP contribution in [0.4, 0.5) is 5.69 Å². The topological polar surface area (TPSA) is 78.2 Å². The van der Waals surface area contributed by atoms with Gasteiger partial charge in [0.25, 0.3) is 11.6 Å². The van der Waals surface area contributed by atoms with Gasteiger partial charge in [-0.15, -0.1) is 0 Å². The second-order valence-corrected chi connectivity index (χ2v) is 3.21. The largest absolute Gasteiger partial charge is 0.437 e. The summed E-state index contributed by atoms with van der Waals surface area (Å²) in [6, 6.07) is 5.76. The number of ether oxygens (including phenoxy) is 1. The smallest absolute Gasteiger partial charge is 0.269 e. The van der Waals surface area contributed by atoms with Gasteiger partial charge in [0.15, 0.2) is 0 Å². The maximum absolute atomic E-state index is 10.4. The molecule has 0 spiro atoms. The van der Waals surface area contributed by atoms with E-state index in [0.717, 1.165) is 0 Å². The molecule has 1 aromatic heterocycles. The van der Waals surface area contributed by atoms with Crippen molar-refractivity contribution in [3.8, 4) is 11.6 Å². The number of aromatic nitrogens is 2. The summed E-state index contributed by atoms with van der Waals surface area (Å²) in [5.74, 6) is 0.877. The Morgan fingerprint density at radius 3 is 2.60 bits per heavy atom. The van der Waals surface area contributed by atoms with Crippen LogP contribution in [0.1, 0.15) is 0 Å². The molecule has 15 heavy (non-hydrogen) atoms. The summed E-state index contributed by atoms with van der Waals surface area (Å²) in [5, 5.41) is 15.7. The molecule has 2 rings (SSSR count). The summed E-state index contributed by atoms with van der Waals surface area (Å²) in [5.41, 5.74) is 0.0266. The van der Waals surface area contributed by atoms with Crippen LogP contribution in [0.5, 0.6) is 11.6 Å². The summed E-state index contributed by atoms with van der Waals surface area (Å²) in [6.45, 7) is 0. The van der Waals surface area contributed by atoms with Crippen LogP contribution in [0.25, 0.3) is 0 Å². The first-order chi connectivity index (χ1) is 7.25. The fourth-order valence-electron chi connectivity index (χ4n) is 0.957. The third-order valence-corrected chi connectivity index (χ3v) is 2.09. The summed E-state index contributed by atoms with van der Waals surface area (Å²) in [4.78, 5) is 9.91. The molecule has 0 amide bonds. The number of hydrogen-bond acceptors (Lipinski definition) is 6. The number of benzene rings is 1. The van der Waals surface area contributed by atoms with Crippen LogP contribution in [-0.4, -0.2) is 14.5 Å².